The number of ether oxygens (including phenoxy) is 3. The summed E-state index contributed by atoms with van der Waals surface area (Å²) >= 11 is 0. The number of hydrogen-bond donors (Lipinski definition) is 0. The Labute approximate surface area is 115 Å². The fourth-order valence-electron chi connectivity index (χ4n) is 2.10. The molecular weight excluding hydrogens is 262 g/mol. The molecule has 6 heteroatoms. The number of rotatable bonds is 4. The van der Waals surface area contributed by atoms with Crippen LogP contribution in [0.4, 0.5) is 0 Å². The summed E-state index contributed by atoms with van der Waals surface area (Å²) in [6.45, 7) is 0. The average Bonchev–Trinajstić information content (AvgIpc) is 2.48. The van der Waals surface area contributed by atoms with E-state index in [-0.39, 0.29) is 11.8 Å². The van der Waals surface area contributed by atoms with E-state index in [4.69, 9.17) is 23.9 Å². The minimum Gasteiger partial charge on any atom is -0.493 e. The first-order valence-electron chi connectivity index (χ1n) is 5.78. The summed E-state index contributed by atoms with van der Waals surface area (Å²) in [5.41, 5.74) is 0.0286. The molecule has 2 rings (SSSR count). The van der Waals surface area contributed by atoms with Gasteiger partial charge in [0, 0.05) is 10.9 Å². The van der Waals surface area contributed by atoms with Crippen LogP contribution in [-0.4, -0.2) is 21.3 Å². The molecule has 2 aromatic rings. The molecule has 0 fully saturated rings. The van der Waals surface area contributed by atoms with E-state index in [1.165, 1.54) is 33.7 Å². The number of nitrogens with zero attached hydrogens (tertiary/aromatic N) is 1. The second-order valence-electron chi connectivity index (χ2n) is 3.95. The quantitative estimate of drug-likeness (QED) is 0.847. The van der Waals surface area contributed by atoms with Crippen molar-refractivity contribution in [2.45, 2.75) is 6.42 Å². The van der Waals surface area contributed by atoms with Gasteiger partial charge >= 0.3 is 5.63 Å². The maximum atomic E-state index is 11.9. The zero-order chi connectivity index (χ0) is 14.7. The van der Waals surface area contributed by atoms with E-state index in [0.717, 1.165) is 0 Å². The molecule has 20 heavy (non-hydrogen) atoms. The summed E-state index contributed by atoms with van der Waals surface area (Å²) in [7, 11) is 4.40. The monoisotopic (exact) mass is 275 g/mol. The van der Waals surface area contributed by atoms with Crippen molar-refractivity contribution in [1.29, 1.82) is 5.26 Å². The summed E-state index contributed by atoms with van der Waals surface area (Å²) in [4.78, 5) is 11.9. The number of methoxy groups -OCH3 is 3. The van der Waals surface area contributed by atoms with E-state index in [1.807, 2.05) is 6.07 Å². The lowest BCUT2D eigenvalue weighted by Crippen LogP contribution is -2.05. The standard InChI is InChI=1S/C14H13NO5/c1-17-10-6-9-11(13(19-3)12(10)18-2)8(4-5-15)7-20-14(9)16/h6-7H,4H2,1-3H3. The Balaban J connectivity index is 2.99. The van der Waals surface area contributed by atoms with E-state index in [1.54, 1.807) is 0 Å². The highest BCUT2D eigenvalue weighted by Crippen LogP contribution is 2.43. The number of hydrogen-bond acceptors (Lipinski definition) is 6. The molecule has 1 aromatic heterocycles. The Morgan fingerprint density at radius 1 is 1.20 bits per heavy atom. The van der Waals surface area contributed by atoms with Crippen LogP contribution in [0.2, 0.25) is 0 Å². The molecule has 0 bridgehead atoms. The van der Waals surface area contributed by atoms with Crippen LogP contribution in [0, 0.1) is 11.3 Å². The second-order valence-corrected chi connectivity index (χ2v) is 3.95. The van der Waals surface area contributed by atoms with Crippen LogP contribution in [0.3, 0.4) is 0 Å². The third kappa shape index (κ3) is 2.03. The van der Waals surface area contributed by atoms with Crippen molar-refractivity contribution < 1.29 is 18.6 Å². The van der Waals surface area contributed by atoms with Crippen LogP contribution >= 0.6 is 0 Å². The molecule has 0 saturated carbocycles. The van der Waals surface area contributed by atoms with Gasteiger partial charge in [-0.15, -0.1) is 0 Å². The van der Waals surface area contributed by atoms with Gasteiger partial charge in [0.2, 0.25) is 5.75 Å². The molecule has 104 valence electrons. The fourth-order valence-corrected chi connectivity index (χ4v) is 2.10. The first-order chi connectivity index (χ1) is 9.67. The molecule has 0 aliphatic rings. The van der Waals surface area contributed by atoms with Crippen molar-refractivity contribution >= 4 is 10.8 Å². The molecule has 0 aliphatic carbocycles. The normalized spacial score (nSPS) is 10.1. The van der Waals surface area contributed by atoms with Crippen LogP contribution in [0.15, 0.2) is 21.5 Å². The first-order valence-corrected chi connectivity index (χ1v) is 5.78. The second kappa shape index (κ2) is 5.53. The van der Waals surface area contributed by atoms with E-state index < -0.39 is 5.63 Å². The molecule has 0 unspecified atom stereocenters. The molecule has 0 spiro atoms. The van der Waals surface area contributed by atoms with Crippen molar-refractivity contribution in [3.05, 3.63) is 28.3 Å². The summed E-state index contributed by atoms with van der Waals surface area (Å²) in [5, 5.41) is 9.66. The summed E-state index contributed by atoms with van der Waals surface area (Å²) < 4.78 is 20.7. The van der Waals surface area contributed by atoms with Crippen LogP contribution in [-0.2, 0) is 6.42 Å². The molecule has 0 aliphatic heterocycles. The topological polar surface area (TPSA) is 81.7 Å². The lowest BCUT2D eigenvalue weighted by Gasteiger charge is -2.15. The number of nitriles is 1. The smallest absolute Gasteiger partial charge is 0.343 e. The molecule has 0 atom stereocenters. The predicted molar refractivity (Wildman–Crippen MR) is 71.5 cm³/mol. The maximum Gasteiger partial charge on any atom is 0.343 e. The van der Waals surface area contributed by atoms with Gasteiger partial charge in [-0.2, -0.15) is 5.26 Å². The number of fused-ring (bicyclic) bond motifs is 1. The Morgan fingerprint density at radius 3 is 2.45 bits per heavy atom. The van der Waals surface area contributed by atoms with Crippen molar-refractivity contribution in [1.82, 2.24) is 0 Å². The summed E-state index contributed by atoms with van der Waals surface area (Å²) in [6, 6.07) is 3.54. The minimum atomic E-state index is -0.527. The number of benzene rings is 1. The van der Waals surface area contributed by atoms with E-state index in [0.29, 0.717) is 28.2 Å². The maximum absolute atomic E-state index is 11.9. The van der Waals surface area contributed by atoms with Crippen molar-refractivity contribution in [3.8, 4) is 23.3 Å². The van der Waals surface area contributed by atoms with Gasteiger partial charge in [0.15, 0.2) is 11.5 Å². The van der Waals surface area contributed by atoms with Crippen LogP contribution in [0.25, 0.3) is 10.8 Å². The van der Waals surface area contributed by atoms with Gasteiger partial charge in [-0.3, -0.25) is 0 Å². The van der Waals surface area contributed by atoms with E-state index >= 15 is 0 Å². The van der Waals surface area contributed by atoms with Gasteiger partial charge in [0.05, 0.1) is 45.5 Å². The fraction of sp³-hybridized carbons (Fsp3) is 0.286. The molecule has 0 amide bonds. The van der Waals surface area contributed by atoms with Gasteiger partial charge in [-0.05, 0) is 6.07 Å². The minimum absolute atomic E-state index is 0.0894. The Hall–Kier alpha value is -2.68. The first kappa shape index (κ1) is 13.7. The third-order valence-electron chi connectivity index (χ3n) is 2.95. The van der Waals surface area contributed by atoms with Crippen LogP contribution in [0.1, 0.15) is 5.56 Å². The predicted octanol–water partition coefficient (Wildman–Crippen LogP) is 1.88. The molecule has 0 N–H and O–H groups in total. The zero-order valence-electron chi connectivity index (χ0n) is 11.4. The SMILES string of the molecule is COc1cc2c(=O)occ(CC#N)c2c(OC)c1OC. The molecule has 0 radical (unpaired) electrons. The Bertz CT molecular complexity index is 742. The van der Waals surface area contributed by atoms with Crippen molar-refractivity contribution in [2.24, 2.45) is 0 Å². The summed E-state index contributed by atoms with van der Waals surface area (Å²) in [5.74, 6) is 1.07. The van der Waals surface area contributed by atoms with Crippen molar-refractivity contribution in [3.63, 3.8) is 0 Å². The van der Waals surface area contributed by atoms with Gasteiger partial charge in [0.25, 0.3) is 0 Å². The molecule has 6 nitrogen and oxygen atoms in total. The Morgan fingerprint density at radius 2 is 1.90 bits per heavy atom. The summed E-state index contributed by atoms with van der Waals surface area (Å²) in [6.07, 6.45) is 1.36. The molecular formula is C14H13NO5. The lowest BCUT2D eigenvalue weighted by molar-refractivity contribution is 0.327. The molecule has 1 aromatic carbocycles. The van der Waals surface area contributed by atoms with E-state index in [9.17, 15) is 4.79 Å². The average molecular weight is 275 g/mol. The highest BCUT2D eigenvalue weighted by Gasteiger charge is 2.20. The van der Waals surface area contributed by atoms with Gasteiger partial charge < -0.3 is 18.6 Å². The lowest BCUT2D eigenvalue weighted by atomic mass is 10.0. The highest BCUT2D eigenvalue weighted by molar-refractivity contribution is 5.94. The third-order valence-corrected chi connectivity index (χ3v) is 2.95. The molecule has 0 saturated heterocycles. The van der Waals surface area contributed by atoms with Crippen LogP contribution < -0.4 is 19.8 Å². The van der Waals surface area contributed by atoms with Gasteiger partial charge in [-0.1, -0.05) is 0 Å². The van der Waals surface area contributed by atoms with Crippen molar-refractivity contribution in [2.75, 3.05) is 21.3 Å². The largest absolute Gasteiger partial charge is 0.493 e. The highest BCUT2D eigenvalue weighted by atomic mass is 16.5. The van der Waals surface area contributed by atoms with Crippen LogP contribution in [0.5, 0.6) is 17.2 Å². The van der Waals surface area contributed by atoms with Gasteiger partial charge in [0.1, 0.15) is 0 Å². The van der Waals surface area contributed by atoms with Gasteiger partial charge in [-0.25, -0.2) is 4.79 Å². The zero-order valence-corrected chi connectivity index (χ0v) is 11.4. The Kier molecular flexibility index (Phi) is 3.80. The van der Waals surface area contributed by atoms with E-state index in [2.05, 4.69) is 0 Å². The molecule has 1 heterocycles.